The van der Waals surface area contributed by atoms with Crippen molar-refractivity contribution in [2.75, 3.05) is 11.9 Å². The molecule has 0 saturated heterocycles. The topological polar surface area (TPSA) is 41.1 Å². The predicted molar refractivity (Wildman–Crippen MR) is 83.2 cm³/mol. The Morgan fingerprint density at radius 2 is 1.67 bits per heavy atom. The van der Waals surface area contributed by atoms with Gasteiger partial charge in [0.2, 0.25) is 5.91 Å². The van der Waals surface area contributed by atoms with Gasteiger partial charge in [0.25, 0.3) is 0 Å². The maximum absolute atomic E-state index is 12.7. The van der Waals surface area contributed by atoms with Crippen LogP contribution >= 0.6 is 23.2 Å². The van der Waals surface area contributed by atoms with E-state index in [4.69, 9.17) is 23.2 Å². The summed E-state index contributed by atoms with van der Waals surface area (Å²) in [7, 11) is 0. The minimum Gasteiger partial charge on any atom is -0.374 e. The van der Waals surface area contributed by atoms with Crippen molar-refractivity contribution in [3.8, 4) is 0 Å². The summed E-state index contributed by atoms with van der Waals surface area (Å²) in [6.07, 6.45) is 0. The lowest BCUT2D eigenvalue weighted by Crippen LogP contribution is -2.29. The van der Waals surface area contributed by atoms with Crippen molar-refractivity contribution < 1.29 is 9.18 Å². The summed E-state index contributed by atoms with van der Waals surface area (Å²) in [5, 5.41) is 6.51. The van der Waals surface area contributed by atoms with E-state index >= 15 is 0 Å². The number of benzene rings is 2. The Morgan fingerprint density at radius 3 is 2.29 bits per heavy atom. The largest absolute Gasteiger partial charge is 0.374 e. The number of nitrogens with one attached hydrogen (secondary N) is 2. The van der Waals surface area contributed by atoms with Gasteiger partial charge < -0.3 is 10.6 Å². The highest BCUT2D eigenvalue weighted by atomic mass is 35.5. The molecule has 1 amide bonds. The lowest BCUT2D eigenvalue weighted by atomic mass is 10.2. The van der Waals surface area contributed by atoms with Gasteiger partial charge >= 0.3 is 0 Å². The third-order valence-corrected chi connectivity index (χ3v) is 3.42. The molecule has 0 radical (unpaired) electrons. The van der Waals surface area contributed by atoms with Gasteiger partial charge in [0.15, 0.2) is 0 Å². The van der Waals surface area contributed by atoms with Gasteiger partial charge in [-0.3, -0.25) is 4.79 Å². The van der Waals surface area contributed by atoms with E-state index < -0.39 is 0 Å². The Hall–Kier alpha value is -1.78. The number of anilines is 1. The van der Waals surface area contributed by atoms with E-state index in [9.17, 15) is 9.18 Å². The molecule has 0 atom stereocenters. The van der Waals surface area contributed by atoms with E-state index in [1.165, 1.54) is 12.1 Å². The summed E-state index contributed by atoms with van der Waals surface area (Å²) in [5.41, 5.74) is 1.35. The second-order valence-corrected chi connectivity index (χ2v) is 5.17. The lowest BCUT2D eigenvalue weighted by molar-refractivity contribution is -0.119. The molecule has 0 saturated carbocycles. The van der Waals surface area contributed by atoms with E-state index in [0.717, 1.165) is 5.56 Å². The molecular weight excluding hydrogens is 314 g/mol. The highest BCUT2D eigenvalue weighted by Gasteiger charge is 2.07. The van der Waals surface area contributed by atoms with Crippen LogP contribution in [0.3, 0.4) is 0 Å². The number of rotatable bonds is 5. The summed E-state index contributed by atoms with van der Waals surface area (Å²) in [6, 6.07) is 11.0. The van der Waals surface area contributed by atoms with E-state index in [0.29, 0.717) is 22.3 Å². The predicted octanol–water partition coefficient (Wildman–Crippen LogP) is 3.86. The molecule has 2 rings (SSSR count). The SMILES string of the molecule is O=C(CNc1c(Cl)cccc1Cl)NCc1ccc(F)cc1. The lowest BCUT2D eigenvalue weighted by Gasteiger charge is -2.10. The molecule has 3 nitrogen and oxygen atoms in total. The standard InChI is InChI=1S/C15H13Cl2FN2O/c16-12-2-1-3-13(17)15(12)20-9-14(21)19-8-10-4-6-11(18)7-5-10/h1-7,20H,8-9H2,(H,19,21). The molecular formula is C15H13Cl2FN2O. The zero-order valence-corrected chi connectivity index (χ0v) is 12.5. The normalized spacial score (nSPS) is 10.2. The molecule has 2 aromatic carbocycles. The third kappa shape index (κ3) is 4.62. The molecule has 2 N–H and O–H groups in total. The van der Waals surface area contributed by atoms with Crippen LogP contribution in [0, 0.1) is 5.82 Å². The third-order valence-electron chi connectivity index (χ3n) is 2.79. The van der Waals surface area contributed by atoms with Gasteiger partial charge in [-0.15, -0.1) is 0 Å². The van der Waals surface area contributed by atoms with Crippen LogP contribution in [-0.4, -0.2) is 12.5 Å². The molecule has 2 aromatic rings. The van der Waals surface area contributed by atoms with Crippen molar-refractivity contribution in [1.29, 1.82) is 0 Å². The maximum atomic E-state index is 12.7. The van der Waals surface area contributed by atoms with Gasteiger partial charge in [0.05, 0.1) is 22.3 Å². The number of carbonyl (C=O) groups excluding carboxylic acids is 1. The van der Waals surface area contributed by atoms with Gasteiger partial charge in [-0.05, 0) is 29.8 Å². The quantitative estimate of drug-likeness (QED) is 0.875. The fourth-order valence-electron chi connectivity index (χ4n) is 1.70. The van der Waals surface area contributed by atoms with Gasteiger partial charge in [-0.1, -0.05) is 41.4 Å². The second-order valence-electron chi connectivity index (χ2n) is 4.35. The fourth-order valence-corrected chi connectivity index (χ4v) is 2.23. The van der Waals surface area contributed by atoms with Crippen LogP contribution in [-0.2, 0) is 11.3 Å². The van der Waals surface area contributed by atoms with Crippen molar-refractivity contribution in [1.82, 2.24) is 5.32 Å². The first-order chi connectivity index (χ1) is 10.1. The first kappa shape index (κ1) is 15.6. The first-order valence-electron chi connectivity index (χ1n) is 6.25. The molecule has 0 unspecified atom stereocenters. The minimum atomic E-state index is -0.305. The summed E-state index contributed by atoms with van der Waals surface area (Å²) in [6.45, 7) is 0.377. The second kappa shape index (κ2) is 7.29. The zero-order chi connectivity index (χ0) is 15.2. The monoisotopic (exact) mass is 326 g/mol. The van der Waals surface area contributed by atoms with Crippen LogP contribution in [0.15, 0.2) is 42.5 Å². The molecule has 0 heterocycles. The Bertz CT molecular complexity index is 612. The molecule has 0 aliphatic rings. The van der Waals surface area contributed by atoms with Gasteiger partial charge in [-0.2, -0.15) is 0 Å². The molecule has 0 bridgehead atoms. The number of carbonyl (C=O) groups is 1. The highest BCUT2D eigenvalue weighted by molar-refractivity contribution is 6.39. The van der Waals surface area contributed by atoms with E-state index in [1.807, 2.05) is 0 Å². The summed E-state index contributed by atoms with van der Waals surface area (Å²) < 4.78 is 12.7. The summed E-state index contributed by atoms with van der Waals surface area (Å²) in [4.78, 5) is 11.7. The van der Waals surface area contributed by atoms with Crippen molar-refractivity contribution >= 4 is 34.8 Å². The van der Waals surface area contributed by atoms with Gasteiger partial charge in [-0.25, -0.2) is 4.39 Å². The molecule has 0 aliphatic carbocycles. The summed E-state index contributed by atoms with van der Waals surface area (Å²) >= 11 is 12.0. The minimum absolute atomic E-state index is 0.0463. The smallest absolute Gasteiger partial charge is 0.239 e. The molecule has 110 valence electrons. The fraction of sp³-hybridized carbons (Fsp3) is 0.133. The van der Waals surface area contributed by atoms with E-state index in [1.54, 1.807) is 30.3 Å². The van der Waals surface area contributed by atoms with Gasteiger partial charge in [0.1, 0.15) is 5.82 Å². The van der Waals surface area contributed by atoms with Crippen LogP contribution in [0.1, 0.15) is 5.56 Å². The summed E-state index contributed by atoms with van der Waals surface area (Å²) in [5.74, 6) is -0.518. The molecule has 0 aliphatic heterocycles. The van der Waals surface area contributed by atoms with Crippen molar-refractivity contribution in [3.63, 3.8) is 0 Å². The maximum Gasteiger partial charge on any atom is 0.239 e. The number of para-hydroxylation sites is 1. The Balaban J connectivity index is 1.84. The van der Waals surface area contributed by atoms with Crippen LogP contribution in [0.4, 0.5) is 10.1 Å². The molecule has 6 heteroatoms. The molecule has 0 fully saturated rings. The number of hydrogen-bond donors (Lipinski definition) is 2. The Labute approximate surface area is 132 Å². The van der Waals surface area contributed by atoms with Crippen LogP contribution in [0.25, 0.3) is 0 Å². The number of amides is 1. The Morgan fingerprint density at radius 1 is 1.05 bits per heavy atom. The average Bonchev–Trinajstić information content (AvgIpc) is 2.46. The molecule has 21 heavy (non-hydrogen) atoms. The number of halogens is 3. The molecule has 0 spiro atoms. The van der Waals surface area contributed by atoms with Crippen LogP contribution in [0.2, 0.25) is 10.0 Å². The van der Waals surface area contributed by atoms with Crippen LogP contribution in [0.5, 0.6) is 0 Å². The van der Waals surface area contributed by atoms with Crippen molar-refractivity contribution in [2.45, 2.75) is 6.54 Å². The van der Waals surface area contributed by atoms with E-state index in [2.05, 4.69) is 10.6 Å². The number of hydrogen-bond acceptors (Lipinski definition) is 2. The van der Waals surface area contributed by atoms with Crippen molar-refractivity contribution in [3.05, 3.63) is 63.9 Å². The van der Waals surface area contributed by atoms with Crippen molar-refractivity contribution in [2.24, 2.45) is 0 Å². The van der Waals surface area contributed by atoms with Gasteiger partial charge in [0, 0.05) is 6.54 Å². The first-order valence-corrected chi connectivity index (χ1v) is 7.01. The zero-order valence-electron chi connectivity index (χ0n) is 11.0. The average molecular weight is 327 g/mol. The van der Waals surface area contributed by atoms with Crippen LogP contribution < -0.4 is 10.6 Å². The van der Waals surface area contributed by atoms with E-state index in [-0.39, 0.29) is 18.3 Å². The highest BCUT2D eigenvalue weighted by Crippen LogP contribution is 2.29. The Kier molecular flexibility index (Phi) is 5.42. The molecule has 0 aromatic heterocycles.